The summed E-state index contributed by atoms with van der Waals surface area (Å²) in [6.07, 6.45) is 1.04. The molecule has 2 heterocycles. The van der Waals surface area contributed by atoms with Gasteiger partial charge in [-0.15, -0.1) is 0 Å². The fourth-order valence-corrected chi connectivity index (χ4v) is 6.05. The number of esters is 1. The van der Waals surface area contributed by atoms with E-state index in [2.05, 4.69) is 9.64 Å². The Labute approximate surface area is 187 Å². The summed E-state index contributed by atoms with van der Waals surface area (Å²) in [5.41, 5.74) is 0.753. The minimum Gasteiger partial charge on any atom is -0.465 e. The molecule has 0 radical (unpaired) electrons. The van der Waals surface area contributed by atoms with Crippen LogP contribution in [0.25, 0.3) is 0 Å². The summed E-state index contributed by atoms with van der Waals surface area (Å²) in [5, 5.41) is -0.544. The highest BCUT2D eigenvalue weighted by Gasteiger charge is 2.38. The number of hydrogen-bond acceptors (Lipinski definition) is 6. The molecule has 32 heavy (non-hydrogen) atoms. The predicted molar refractivity (Wildman–Crippen MR) is 118 cm³/mol. The molecule has 0 unspecified atom stereocenters. The van der Waals surface area contributed by atoms with Crippen LogP contribution in [0, 0.1) is 5.82 Å². The average molecular weight is 463 g/mol. The summed E-state index contributed by atoms with van der Waals surface area (Å²) in [6.45, 7) is 2.64. The Morgan fingerprint density at radius 2 is 1.84 bits per heavy atom. The monoisotopic (exact) mass is 462 g/mol. The molecular weight excluding hydrogens is 435 g/mol. The van der Waals surface area contributed by atoms with Gasteiger partial charge in [0.1, 0.15) is 5.82 Å². The molecule has 0 aromatic heterocycles. The van der Waals surface area contributed by atoms with Gasteiger partial charge in [0.15, 0.2) is 0 Å². The number of nitrogens with zero attached hydrogens (tertiary/aromatic N) is 2. The SMILES string of the molecule is COC(=O)c1ccc(CN(c2ccccc2)S(=O)(=O)C2CCN(C3COC3)CC2)c(F)c1. The van der Waals surface area contributed by atoms with Crippen molar-refractivity contribution in [3.63, 3.8) is 0 Å². The van der Waals surface area contributed by atoms with Gasteiger partial charge in [-0.3, -0.25) is 9.21 Å². The molecule has 2 aromatic rings. The molecule has 0 aliphatic carbocycles. The van der Waals surface area contributed by atoms with E-state index in [0.29, 0.717) is 50.9 Å². The molecule has 0 N–H and O–H groups in total. The topological polar surface area (TPSA) is 76.2 Å². The van der Waals surface area contributed by atoms with Crippen LogP contribution in [0.4, 0.5) is 10.1 Å². The number of para-hydroxylation sites is 1. The van der Waals surface area contributed by atoms with Crippen molar-refractivity contribution in [2.24, 2.45) is 0 Å². The Morgan fingerprint density at radius 1 is 1.16 bits per heavy atom. The molecule has 4 rings (SSSR count). The summed E-state index contributed by atoms with van der Waals surface area (Å²) in [5.74, 6) is -1.30. The van der Waals surface area contributed by atoms with Crippen LogP contribution in [0.2, 0.25) is 0 Å². The Bertz CT molecular complexity index is 1050. The molecule has 0 saturated carbocycles. The Balaban J connectivity index is 1.58. The van der Waals surface area contributed by atoms with Gasteiger partial charge in [-0.25, -0.2) is 17.6 Å². The third-order valence-corrected chi connectivity index (χ3v) is 8.44. The second-order valence-corrected chi connectivity index (χ2v) is 10.2. The minimum atomic E-state index is -3.74. The maximum absolute atomic E-state index is 14.8. The van der Waals surface area contributed by atoms with Gasteiger partial charge in [0.05, 0.1) is 49.4 Å². The van der Waals surface area contributed by atoms with E-state index >= 15 is 0 Å². The minimum absolute atomic E-state index is 0.0789. The zero-order valence-electron chi connectivity index (χ0n) is 17.9. The first-order valence-electron chi connectivity index (χ1n) is 10.7. The molecule has 2 aromatic carbocycles. The van der Waals surface area contributed by atoms with Crippen molar-refractivity contribution in [1.29, 1.82) is 0 Å². The number of sulfonamides is 1. The number of anilines is 1. The maximum Gasteiger partial charge on any atom is 0.337 e. The smallest absolute Gasteiger partial charge is 0.337 e. The van der Waals surface area contributed by atoms with Crippen molar-refractivity contribution in [3.05, 3.63) is 65.5 Å². The van der Waals surface area contributed by atoms with E-state index in [4.69, 9.17) is 4.74 Å². The highest BCUT2D eigenvalue weighted by Crippen LogP contribution is 2.29. The number of rotatable bonds is 7. The molecular formula is C23H27FN2O5S. The third kappa shape index (κ3) is 4.65. The normalized spacial score (nSPS) is 18.2. The van der Waals surface area contributed by atoms with Gasteiger partial charge >= 0.3 is 5.97 Å². The number of benzene rings is 2. The van der Waals surface area contributed by atoms with E-state index in [1.165, 1.54) is 23.5 Å². The van der Waals surface area contributed by atoms with Crippen molar-refractivity contribution in [1.82, 2.24) is 4.90 Å². The summed E-state index contributed by atoms with van der Waals surface area (Å²) < 4.78 is 53.3. The number of hydrogen-bond donors (Lipinski definition) is 0. The Morgan fingerprint density at radius 3 is 2.41 bits per heavy atom. The van der Waals surface area contributed by atoms with Crippen LogP contribution in [0.15, 0.2) is 48.5 Å². The van der Waals surface area contributed by atoms with Gasteiger partial charge in [0, 0.05) is 5.56 Å². The number of ether oxygens (including phenoxy) is 2. The highest BCUT2D eigenvalue weighted by atomic mass is 32.2. The van der Waals surface area contributed by atoms with Crippen LogP contribution in [-0.2, 0) is 26.0 Å². The second kappa shape index (κ2) is 9.56. The van der Waals surface area contributed by atoms with Crippen molar-refractivity contribution >= 4 is 21.7 Å². The van der Waals surface area contributed by atoms with Crippen LogP contribution in [0.1, 0.15) is 28.8 Å². The summed E-state index contributed by atoms with van der Waals surface area (Å²) in [4.78, 5) is 14.0. The molecule has 0 amide bonds. The predicted octanol–water partition coefficient (Wildman–Crippen LogP) is 2.81. The van der Waals surface area contributed by atoms with E-state index in [0.717, 1.165) is 6.07 Å². The molecule has 0 atom stereocenters. The van der Waals surface area contributed by atoms with E-state index in [9.17, 15) is 17.6 Å². The van der Waals surface area contributed by atoms with E-state index in [1.54, 1.807) is 30.3 Å². The van der Waals surface area contributed by atoms with Gasteiger partial charge in [-0.2, -0.15) is 0 Å². The van der Waals surface area contributed by atoms with E-state index in [-0.39, 0.29) is 17.7 Å². The molecule has 2 saturated heterocycles. The molecule has 7 nitrogen and oxygen atoms in total. The van der Waals surface area contributed by atoms with Gasteiger partial charge in [-0.05, 0) is 50.2 Å². The van der Waals surface area contributed by atoms with Crippen LogP contribution in [0.5, 0.6) is 0 Å². The standard InChI is InChI=1S/C23H27FN2O5S/c1-30-23(27)17-7-8-18(22(24)13-17)14-26(19-5-3-2-4-6-19)32(28,29)21-9-11-25(12-10-21)20-15-31-16-20/h2-8,13,20-21H,9-12,14-16H2,1H3. The quantitative estimate of drug-likeness (QED) is 0.589. The van der Waals surface area contributed by atoms with Crippen LogP contribution in [-0.4, -0.2) is 64.0 Å². The van der Waals surface area contributed by atoms with Crippen molar-refractivity contribution in [2.45, 2.75) is 30.7 Å². The van der Waals surface area contributed by atoms with Gasteiger partial charge in [-0.1, -0.05) is 24.3 Å². The number of carbonyl (C=O) groups excluding carboxylic acids is 1. The lowest BCUT2D eigenvalue weighted by molar-refractivity contribution is -0.0695. The average Bonchev–Trinajstić information content (AvgIpc) is 2.77. The zero-order valence-corrected chi connectivity index (χ0v) is 18.8. The number of carbonyl (C=O) groups is 1. The van der Waals surface area contributed by atoms with Crippen LogP contribution >= 0.6 is 0 Å². The number of halogens is 1. The first-order chi connectivity index (χ1) is 15.4. The highest BCUT2D eigenvalue weighted by molar-refractivity contribution is 7.93. The fraction of sp³-hybridized carbons (Fsp3) is 0.435. The van der Waals surface area contributed by atoms with Gasteiger partial charge in [0.2, 0.25) is 10.0 Å². The van der Waals surface area contributed by atoms with Gasteiger partial charge < -0.3 is 9.47 Å². The number of likely N-dealkylation sites (tertiary alicyclic amines) is 1. The molecule has 2 aliphatic heterocycles. The van der Waals surface area contributed by atoms with E-state index < -0.39 is 27.1 Å². The maximum atomic E-state index is 14.8. The largest absolute Gasteiger partial charge is 0.465 e. The lowest BCUT2D eigenvalue weighted by Gasteiger charge is -2.42. The zero-order chi connectivity index (χ0) is 22.7. The molecule has 2 fully saturated rings. The summed E-state index contributed by atoms with van der Waals surface area (Å²) in [7, 11) is -2.52. The van der Waals surface area contributed by atoms with Crippen LogP contribution < -0.4 is 4.31 Å². The molecule has 0 bridgehead atoms. The fourth-order valence-electron chi connectivity index (χ4n) is 4.15. The van der Waals surface area contributed by atoms with E-state index in [1.807, 2.05) is 0 Å². The molecule has 172 valence electrons. The Kier molecular flexibility index (Phi) is 6.78. The van der Waals surface area contributed by atoms with Gasteiger partial charge in [0.25, 0.3) is 0 Å². The lowest BCUT2D eigenvalue weighted by atomic mass is 10.1. The first-order valence-corrected chi connectivity index (χ1v) is 12.2. The number of methoxy groups -OCH3 is 1. The second-order valence-electron chi connectivity index (χ2n) is 8.11. The molecule has 9 heteroatoms. The van der Waals surface area contributed by atoms with Crippen molar-refractivity contribution < 1.29 is 27.1 Å². The van der Waals surface area contributed by atoms with Crippen molar-refractivity contribution in [3.8, 4) is 0 Å². The third-order valence-electron chi connectivity index (χ3n) is 6.17. The molecule has 2 aliphatic rings. The number of piperidine rings is 1. The Hall–Kier alpha value is -2.49. The lowest BCUT2D eigenvalue weighted by Crippen LogP contribution is -2.54. The van der Waals surface area contributed by atoms with Crippen LogP contribution in [0.3, 0.4) is 0 Å². The first kappa shape index (κ1) is 22.7. The van der Waals surface area contributed by atoms with Crippen molar-refractivity contribution in [2.75, 3.05) is 37.7 Å². The summed E-state index contributed by atoms with van der Waals surface area (Å²) >= 11 is 0. The summed E-state index contributed by atoms with van der Waals surface area (Å²) in [6, 6.07) is 13.1. The molecule has 0 spiro atoms.